The zero-order chi connectivity index (χ0) is 20.2. The van der Waals surface area contributed by atoms with Crippen LogP contribution in [0.1, 0.15) is 26.4 Å². The van der Waals surface area contributed by atoms with Gasteiger partial charge in [-0.15, -0.1) is 0 Å². The minimum atomic E-state index is -0.379. The van der Waals surface area contributed by atoms with Crippen LogP contribution in [0.3, 0.4) is 0 Å². The minimum absolute atomic E-state index is 0.161. The van der Waals surface area contributed by atoms with E-state index in [4.69, 9.17) is 0 Å². The third kappa shape index (κ3) is 4.11. The van der Waals surface area contributed by atoms with Crippen LogP contribution in [-0.4, -0.2) is 21.8 Å². The van der Waals surface area contributed by atoms with E-state index in [1.54, 1.807) is 18.3 Å². The third-order valence-electron chi connectivity index (χ3n) is 4.45. The van der Waals surface area contributed by atoms with Gasteiger partial charge in [-0.1, -0.05) is 35.9 Å². The summed E-state index contributed by atoms with van der Waals surface area (Å²) < 4.78 is 0. The zero-order valence-electron chi connectivity index (χ0n) is 15.7. The van der Waals surface area contributed by atoms with Gasteiger partial charge < -0.3 is 10.6 Å². The first-order valence-electron chi connectivity index (χ1n) is 9.09. The van der Waals surface area contributed by atoms with Crippen molar-refractivity contribution in [1.82, 2.24) is 9.97 Å². The number of aromatic nitrogens is 2. The van der Waals surface area contributed by atoms with Crippen LogP contribution in [0.4, 0.5) is 11.4 Å². The van der Waals surface area contributed by atoms with Crippen LogP contribution < -0.4 is 10.6 Å². The molecule has 2 N–H and O–H groups in total. The van der Waals surface area contributed by atoms with Crippen LogP contribution in [-0.2, 0) is 0 Å². The van der Waals surface area contributed by atoms with Gasteiger partial charge in [0.2, 0.25) is 0 Å². The summed E-state index contributed by atoms with van der Waals surface area (Å²) in [5.74, 6) is -0.717. The second kappa shape index (κ2) is 7.90. The number of nitrogens with zero attached hydrogens (tertiary/aromatic N) is 2. The summed E-state index contributed by atoms with van der Waals surface area (Å²) in [4.78, 5) is 33.6. The molecule has 29 heavy (non-hydrogen) atoms. The molecule has 0 fully saturated rings. The Bertz CT molecular complexity index is 1200. The number of para-hydroxylation sites is 1. The van der Waals surface area contributed by atoms with Gasteiger partial charge in [-0.2, -0.15) is 0 Å². The minimum Gasteiger partial charge on any atom is -0.321 e. The lowest BCUT2D eigenvalue weighted by molar-refractivity contribution is 0.102. The number of carbonyl (C=O) groups excluding carboxylic acids is 2. The molecule has 2 aromatic carbocycles. The van der Waals surface area contributed by atoms with E-state index in [9.17, 15) is 9.59 Å². The Hall–Kier alpha value is -4.06. The van der Waals surface area contributed by atoms with E-state index in [1.165, 1.54) is 12.3 Å². The summed E-state index contributed by atoms with van der Waals surface area (Å²) >= 11 is 0. The lowest BCUT2D eigenvalue weighted by Crippen LogP contribution is -2.17. The molecule has 6 heteroatoms. The highest BCUT2D eigenvalue weighted by Gasteiger charge is 2.13. The molecule has 4 aromatic rings. The molecule has 0 bridgehead atoms. The molecule has 6 nitrogen and oxygen atoms in total. The number of anilines is 2. The van der Waals surface area contributed by atoms with E-state index >= 15 is 0 Å². The molecule has 0 aliphatic carbocycles. The molecule has 0 aliphatic rings. The smallest absolute Gasteiger partial charge is 0.274 e. The van der Waals surface area contributed by atoms with Gasteiger partial charge in [0.1, 0.15) is 5.69 Å². The van der Waals surface area contributed by atoms with Crippen molar-refractivity contribution in [3.63, 3.8) is 0 Å². The van der Waals surface area contributed by atoms with Crippen LogP contribution in [0.2, 0.25) is 0 Å². The van der Waals surface area contributed by atoms with Crippen molar-refractivity contribution in [2.45, 2.75) is 6.92 Å². The first-order chi connectivity index (χ1) is 14.1. The molecule has 0 radical (unpaired) electrons. The van der Waals surface area contributed by atoms with Crippen molar-refractivity contribution in [2.24, 2.45) is 0 Å². The Kier molecular flexibility index (Phi) is 4.99. The number of carbonyl (C=O) groups is 2. The maximum absolute atomic E-state index is 12.7. The molecule has 2 aromatic heterocycles. The fourth-order valence-corrected chi connectivity index (χ4v) is 2.93. The maximum atomic E-state index is 12.7. The van der Waals surface area contributed by atoms with Gasteiger partial charge in [-0.25, -0.2) is 0 Å². The number of pyridine rings is 2. The Balaban J connectivity index is 1.54. The first kappa shape index (κ1) is 18.3. The number of benzene rings is 2. The largest absolute Gasteiger partial charge is 0.321 e. The highest BCUT2D eigenvalue weighted by molar-refractivity contribution is 6.10. The lowest BCUT2D eigenvalue weighted by Gasteiger charge is -2.09. The van der Waals surface area contributed by atoms with Crippen LogP contribution in [0, 0.1) is 6.92 Å². The third-order valence-corrected chi connectivity index (χ3v) is 4.45. The second-order valence-electron chi connectivity index (χ2n) is 6.58. The van der Waals surface area contributed by atoms with E-state index in [2.05, 4.69) is 20.6 Å². The maximum Gasteiger partial charge on any atom is 0.274 e. The Morgan fingerprint density at radius 3 is 2.41 bits per heavy atom. The van der Waals surface area contributed by atoms with Gasteiger partial charge in [-0.05, 0) is 43.3 Å². The Morgan fingerprint density at radius 2 is 1.59 bits per heavy atom. The summed E-state index contributed by atoms with van der Waals surface area (Å²) in [6.07, 6.45) is 3.12. The molecule has 0 aliphatic heterocycles. The van der Waals surface area contributed by atoms with Gasteiger partial charge >= 0.3 is 0 Å². The van der Waals surface area contributed by atoms with E-state index < -0.39 is 0 Å². The fraction of sp³-hybridized carbons (Fsp3) is 0.0435. The molecular weight excluding hydrogens is 364 g/mol. The van der Waals surface area contributed by atoms with Gasteiger partial charge in [-0.3, -0.25) is 19.6 Å². The molecule has 4 rings (SSSR count). The molecule has 0 unspecified atom stereocenters. The van der Waals surface area contributed by atoms with Crippen LogP contribution in [0.25, 0.3) is 10.9 Å². The van der Waals surface area contributed by atoms with E-state index in [0.29, 0.717) is 22.5 Å². The van der Waals surface area contributed by atoms with Crippen molar-refractivity contribution in [1.29, 1.82) is 0 Å². The van der Waals surface area contributed by atoms with Gasteiger partial charge in [0.25, 0.3) is 11.8 Å². The second-order valence-corrected chi connectivity index (χ2v) is 6.58. The van der Waals surface area contributed by atoms with Crippen molar-refractivity contribution >= 4 is 34.1 Å². The predicted octanol–water partition coefficient (Wildman–Crippen LogP) is 4.44. The molecule has 0 saturated carbocycles. The van der Waals surface area contributed by atoms with Crippen LogP contribution in [0.15, 0.2) is 79.1 Å². The summed E-state index contributed by atoms with van der Waals surface area (Å²) in [7, 11) is 0. The average Bonchev–Trinajstić information content (AvgIpc) is 2.75. The predicted molar refractivity (Wildman–Crippen MR) is 113 cm³/mol. The molecule has 142 valence electrons. The molecule has 0 saturated heterocycles. The molecule has 2 amide bonds. The quantitative estimate of drug-likeness (QED) is 0.546. The summed E-state index contributed by atoms with van der Waals surface area (Å²) in [6, 6.07) is 19.8. The fourth-order valence-electron chi connectivity index (χ4n) is 2.93. The molecule has 0 spiro atoms. The van der Waals surface area contributed by atoms with Crippen molar-refractivity contribution < 1.29 is 9.59 Å². The first-order valence-corrected chi connectivity index (χ1v) is 9.09. The van der Waals surface area contributed by atoms with Gasteiger partial charge in [0.15, 0.2) is 0 Å². The number of nitrogens with one attached hydrogen (secondary N) is 2. The topological polar surface area (TPSA) is 84.0 Å². The van der Waals surface area contributed by atoms with E-state index in [1.807, 2.05) is 55.5 Å². The monoisotopic (exact) mass is 382 g/mol. The lowest BCUT2D eigenvalue weighted by atomic mass is 10.1. The number of aryl methyl sites for hydroxylation is 1. The number of rotatable bonds is 4. The normalized spacial score (nSPS) is 10.5. The van der Waals surface area contributed by atoms with Crippen molar-refractivity contribution in [3.05, 3.63) is 95.9 Å². The number of hydrogen-bond donors (Lipinski definition) is 2. The highest BCUT2D eigenvalue weighted by atomic mass is 16.2. The van der Waals surface area contributed by atoms with Gasteiger partial charge in [0.05, 0.1) is 11.2 Å². The SMILES string of the molecule is Cc1ccc(NC(=O)c2cc(C(=O)Nc3cccc4cccnc34)ccn2)cc1. The number of fused-ring (bicyclic) bond motifs is 1. The van der Waals surface area contributed by atoms with Crippen molar-refractivity contribution in [3.8, 4) is 0 Å². The van der Waals surface area contributed by atoms with Crippen LogP contribution >= 0.6 is 0 Å². The summed E-state index contributed by atoms with van der Waals surface area (Å²) in [5.41, 5.74) is 3.57. The standard InChI is InChI=1S/C23H18N4O2/c1-15-7-9-18(10-8-15)26-23(29)20-14-17(11-13-24-20)22(28)27-19-6-2-4-16-5-3-12-25-21(16)19/h2-14H,1H3,(H,26,29)(H,27,28). The average molecular weight is 382 g/mol. The number of hydrogen-bond acceptors (Lipinski definition) is 4. The summed E-state index contributed by atoms with van der Waals surface area (Å²) in [6.45, 7) is 1.97. The zero-order valence-corrected chi connectivity index (χ0v) is 15.7. The highest BCUT2D eigenvalue weighted by Crippen LogP contribution is 2.21. The van der Waals surface area contributed by atoms with E-state index in [0.717, 1.165) is 10.9 Å². The Labute approximate surface area is 167 Å². The molecule has 2 heterocycles. The van der Waals surface area contributed by atoms with Gasteiger partial charge in [0, 0.05) is 29.0 Å². The Morgan fingerprint density at radius 1 is 0.793 bits per heavy atom. The molecule has 0 atom stereocenters. The molecular formula is C23H18N4O2. The number of amides is 2. The van der Waals surface area contributed by atoms with Crippen LogP contribution in [0.5, 0.6) is 0 Å². The summed E-state index contributed by atoms with van der Waals surface area (Å²) in [5, 5.41) is 6.57. The van der Waals surface area contributed by atoms with E-state index in [-0.39, 0.29) is 17.5 Å². The van der Waals surface area contributed by atoms with Crippen molar-refractivity contribution in [2.75, 3.05) is 10.6 Å².